The number of nitrogens with one attached hydrogen (secondary N) is 1. The van der Waals surface area contributed by atoms with Crippen LogP contribution in [0.25, 0.3) is 0 Å². The monoisotopic (exact) mass is 288 g/mol. The van der Waals surface area contributed by atoms with E-state index in [-0.39, 0.29) is 5.15 Å². The Kier molecular flexibility index (Phi) is 3.82. The number of rotatable bonds is 3. The predicted octanol–water partition coefficient (Wildman–Crippen LogP) is 3.57. The first-order valence-electron chi connectivity index (χ1n) is 5.92. The van der Waals surface area contributed by atoms with Crippen LogP contribution in [0.5, 0.6) is 0 Å². The van der Waals surface area contributed by atoms with Crippen LogP contribution in [0.2, 0.25) is 5.15 Å². The molecule has 0 radical (unpaired) electrons. The Balaban J connectivity index is 2.05. The SMILES string of the molecule is COC(=O)c1sc(NC2CCC(C)(C)C2)nc1Cl. The third-order valence-corrected chi connectivity index (χ3v) is 4.60. The van der Waals surface area contributed by atoms with E-state index < -0.39 is 5.97 Å². The molecule has 1 aliphatic carbocycles. The molecule has 1 unspecified atom stereocenters. The molecular weight excluding hydrogens is 272 g/mol. The van der Waals surface area contributed by atoms with Gasteiger partial charge in [0.1, 0.15) is 0 Å². The third kappa shape index (κ3) is 2.95. The Hall–Kier alpha value is -0.810. The van der Waals surface area contributed by atoms with E-state index in [1.807, 2.05) is 0 Å². The maximum absolute atomic E-state index is 11.4. The van der Waals surface area contributed by atoms with Crippen LogP contribution in [0.1, 0.15) is 42.8 Å². The minimum absolute atomic E-state index is 0.214. The van der Waals surface area contributed by atoms with Crippen molar-refractivity contribution in [3.8, 4) is 0 Å². The molecule has 0 bridgehead atoms. The van der Waals surface area contributed by atoms with Crippen LogP contribution in [-0.4, -0.2) is 24.1 Å². The molecule has 0 aromatic carbocycles. The molecule has 0 spiro atoms. The third-order valence-electron chi connectivity index (χ3n) is 3.25. The van der Waals surface area contributed by atoms with Crippen molar-refractivity contribution in [1.82, 2.24) is 4.98 Å². The van der Waals surface area contributed by atoms with Crippen LogP contribution >= 0.6 is 22.9 Å². The molecule has 0 amide bonds. The summed E-state index contributed by atoms with van der Waals surface area (Å²) >= 11 is 7.17. The molecule has 0 aliphatic heterocycles. The number of ether oxygens (including phenoxy) is 1. The van der Waals surface area contributed by atoms with E-state index in [1.165, 1.54) is 24.9 Å². The lowest BCUT2D eigenvalue weighted by Gasteiger charge is -2.17. The molecule has 1 N–H and O–H groups in total. The number of carbonyl (C=O) groups is 1. The highest BCUT2D eigenvalue weighted by molar-refractivity contribution is 7.18. The van der Waals surface area contributed by atoms with Gasteiger partial charge in [0, 0.05) is 6.04 Å². The highest BCUT2D eigenvalue weighted by Crippen LogP contribution is 2.39. The highest BCUT2D eigenvalue weighted by atomic mass is 35.5. The summed E-state index contributed by atoms with van der Waals surface area (Å²) in [7, 11) is 1.34. The number of hydrogen-bond acceptors (Lipinski definition) is 5. The van der Waals surface area contributed by atoms with E-state index in [4.69, 9.17) is 11.6 Å². The molecule has 1 aromatic rings. The molecule has 18 heavy (non-hydrogen) atoms. The van der Waals surface area contributed by atoms with E-state index in [0.29, 0.717) is 21.5 Å². The fourth-order valence-corrected chi connectivity index (χ4v) is 3.50. The molecule has 1 atom stereocenters. The van der Waals surface area contributed by atoms with Gasteiger partial charge in [0.05, 0.1) is 7.11 Å². The van der Waals surface area contributed by atoms with E-state index in [1.54, 1.807) is 0 Å². The summed E-state index contributed by atoms with van der Waals surface area (Å²) in [5.41, 5.74) is 0.379. The van der Waals surface area contributed by atoms with E-state index in [9.17, 15) is 4.79 Å². The molecule has 100 valence electrons. The van der Waals surface area contributed by atoms with Gasteiger partial charge in [-0.15, -0.1) is 0 Å². The summed E-state index contributed by atoms with van der Waals surface area (Å²) in [6.07, 6.45) is 3.43. The molecule has 1 aromatic heterocycles. The van der Waals surface area contributed by atoms with Crippen LogP contribution in [0.3, 0.4) is 0 Å². The summed E-state index contributed by atoms with van der Waals surface area (Å²) in [5.74, 6) is -0.433. The Bertz CT molecular complexity index is 459. The van der Waals surface area contributed by atoms with Crippen LogP contribution in [0, 0.1) is 5.41 Å². The lowest BCUT2D eigenvalue weighted by atomic mass is 9.92. The maximum Gasteiger partial charge on any atom is 0.351 e. The molecule has 1 saturated carbocycles. The minimum Gasteiger partial charge on any atom is -0.465 e. The van der Waals surface area contributed by atoms with Gasteiger partial charge in [-0.2, -0.15) is 0 Å². The van der Waals surface area contributed by atoms with Crippen molar-refractivity contribution in [2.75, 3.05) is 12.4 Å². The molecule has 0 saturated heterocycles. The van der Waals surface area contributed by atoms with Crippen LogP contribution in [-0.2, 0) is 4.74 Å². The van der Waals surface area contributed by atoms with Crippen LogP contribution in [0.4, 0.5) is 5.13 Å². The topological polar surface area (TPSA) is 51.2 Å². The zero-order valence-electron chi connectivity index (χ0n) is 10.7. The number of thiazole rings is 1. The van der Waals surface area contributed by atoms with E-state index in [0.717, 1.165) is 12.8 Å². The Morgan fingerprint density at radius 2 is 2.33 bits per heavy atom. The van der Waals surface area contributed by atoms with Gasteiger partial charge in [0.15, 0.2) is 15.2 Å². The van der Waals surface area contributed by atoms with Gasteiger partial charge in [0.2, 0.25) is 0 Å². The molecule has 4 nitrogen and oxygen atoms in total. The zero-order chi connectivity index (χ0) is 13.3. The van der Waals surface area contributed by atoms with E-state index in [2.05, 4.69) is 28.9 Å². The predicted molar refractivity (Wildman–Crippen MR) is 73.5 cm³/mol. The summed E-state index contributed by atoms with van der Waals surface area (Å²) in [6, 6.07) is 0.410. The quantitative estimate of drug-likeness (QED) is 0.864. The van der Waals surface area contributed by atoms with E-state index >= 15 is 0 Å². The zero-order valence-corrected chi connectivity index (χ0v) is 12.3. The number of esters is 1. The van der Waals surface area contributed by atoms with Gasteiger partial charge < -0.3 is 10.1 Å². The number of hydrogen-bond donors (Lipinski definition) is 1. The Morgan fingerprint density at radius 1 is 1.61 bits per heavy atom. The second-order valence-electron chi connectivity index (χ2n) is 5.38. The van der Waals surface area contributed by atoms with Crippen LogP contribution < -0.4 is 5.32 Å². The summed E-state index contributed by atoms with van der Waals surface area (Å²) < 4.78 is 4.65. The number of halogens is 1. The molecule has 6 heteroatoms. The van der Waals surface area contributed by atoms with Gasteiger partial charge in [0.25, 0.3) is 0 Å². The smallest absolute Gasteiger partial charge is 0.351 e. The second-order valence-corrected chi connectivity index (χ2v) is 6.74. The normalized spacial score (nSPS) is 21.9. The number of methoxy groups -OCH3 is 1. The van der Waals surface area contributed by atoms with Gasteiger partial charge in [-0.3, -0.25) is 0 Å². The van der Waals surface area contributed by atoms with Crippen molar-refractivity contribution in [2.45, 2.75) is 39.2 Å². The van der Waals surface area contributed by atoms with Crippen molar-refractivity contribution < 1.29 is 9.53 Å². The van der Waals surface area contributed by atoms with Crippen LogP contribution in [0.15, 0.2) is 0 Å². The maximum atomic E-state index is 11.4. The first-order chi connectivity index (χ1) is 8.41. The average Bonchev–Trinajstić information content (AvgIpc) is 2.81. The number of aromatic nitrogens is 1. The number of nitrogens with zero attached hydrogens (tertiary/aromatic N) is 1. The molecule has 2 rings (SSSR count). The van der Waals surface area contributed by atoms with Gasteiger partial charge in [-0.05, 0) is 24.7 Å². The molecule has 1 fully saturated rings. The Labute approximate surface area is 116 Å². The summed E-state index contributed by atoms with van der Waals surface area (Å²) in [4.78, 5) is 15.9. The lowest BCUT2D eigenvalue weighted by molar-refractivity contribution is 0.0606. The standard InChI is InChI=1S/C12H17ClN2O2S/c1-12(2)5-4-7(6-12)14-11-15-9(13)8(18-11)10(16)17-3/h7H,4-6H2,1-3H3,(H,14,15). The number of anilines is 1. The summed E-state index contributed by atoms with van der Waals surface area (Å²) in [5, 5.41) is 4.26. The van der Waals surface area contributed by atoms with Crippen molar-refractivity contribution in [3.63, 3.8) is 0 Å². The van der Waals surface area contributed by atoms with Crippen molar-refractivity contribution in [2.24, 2.45) is 5.41 Å². The fourth-order valence-electron chi connectivity index (χ4n) is 2.32. The largest absolute Gasteiger partial charge is 0.465 e. The number of carbonyl (C=O) groups excluding carboxylic acids is 1. The lowest BCUT2D eigenvalue weighted by Crippen LogP contribution is -2.17. The molecular formula is C12H17ClN2O2S. The second kappa shape index (κ2) is 5.05. The fraction of sp³-hybridized carbons (Fsp3) is 0.667. The van der Waals surface area contributed by atoms with Crippen molar-refractivity contribution in [3.05, 3.63) is 10.0 Å². The van der Waals surface area contributed by atoms with Gasteiger partial charge in [-0.25, -0.2) is 9.78 Å². The minimum atomic E-state index is -0.433. The van der Waals surface area contributed by atoms with Crippen molar-refractivity contribution >= 4 is 34.0 Å². The summed E-state index contributed by atoms with van der Waals surface area (Å²) in [6.45, 7) is 4.53. The average molecular weight is 289 g/mol. The first-order valence-corrected chi connectivity index (χ1v) is 7.12. The molecule has 1 heterocycles. The van der Waals surface area contributed by atoms with Crippen molar-refractivity contribution in [1.29, 1.82) is 0 Å². The van der Waals surface area contributed by atoms with Gasteiger partial charge in [-0.1, -0.05) is 36.8 Å². The first kappa shape index (κ1) is 13.6. The Morgan fingerprint density at radius 3 is 2.89 bits per heavy atom. The highest BCUT2D eigenvalue weighted by Gasteiger charge is 2.31. The molecule has 1 aliphatic rings. The van der Waals surface area contributed by atoms with Gasteiger partial charge >= 0.3 is 5.97 Å².